The van der Waals surface area contributed by atoms with E-state index in [1.807, 2.05) is 97.1 Å². The standard InChI is InChI=1S/C30H30N4O4/c1-35-27-13-5-23(6-14-27)31-33-25-9-17-29(18-10-25)37-21-3-4-22-38-30-19-11-26(12-20-30)34-32-24-7-15-28(36-2)16-8-24/h5-20H,3-4,21-22H2,1-2H3. The van der Waals surface area contributed by atoms with Crippen LogP contribution in [0.25, 0.3) is 0 Å². The highest BCUT2D eigenvalue weighted by atomic mass is 16.5. The van der Waals surface area contributed by atoms with Crippen molar-refractivity contribution in [1.82, 2.24) is 0 Å². The molecule has 0 N–H and O–H groups in total. The van der Waals surface area contributed by atoms with Gasteiger partial charge in [0.05, 0.1) is 50.2 Å². The van der Waals surface area contributed by atoms with Crippen LogP contribution in [-0.2, 0) is 0 Å². The first kappa shape index (κ1) is 26.3. The summed E-state index contributed by atoms with van der Waals surface area (Å²) in [6.07, 6.45) is 1.76. The van der Waals surface area contributed by atoms with Crippen LogP contribution < -0.4 is 18.9 Å². The molecule has 0 bridgehead atoms. The Morgan fingerprint density at radius 3 is 0.921 bits per heavy atom. The molecular formula is C30H30N4O4. The molecule has 0 aromatic heterocycles. The monoisotopic (exact) mass is 510 g/mol. The predicted molar refractivity (Wildman–Crippen MR) is 147 cm³/mol. The van der Waals surface area contributed by atoms with Crippen LogP contribution >= 0.6 is 0 Å². The Balaban J connectivity index is 1.11. The summed E-state index contributed by atoms with van der Waals surface area (Å²) >= 11 is 0. The molecule has 8 heteroatoms. The molecule has 194 valence electrons. The lowest BCUT2D eigenvalue weighted by atomic mass is 10.3. The summed E-state index contributed by atoms with van der Waals surface area (Å²) < 4.78 is 21.9. The SMILES string of the molecule is COc1ccc(N=Nc2ccc(OCCCCOc3ccc(N=Nc4ccc(OC)cc4)cc3)cc2)cc1. The van der Waals surface area contributed by atoms with E-state index in [4.69, 9.17) is 18.9 Å². The van der Waals surface area contributed by atoms with Crippen molar-refractivity contribution in [1.29, 1.82) is 0 Å². The Hall–Kier alpha value is -4.72. The first-order valence-electron chi connectivity index (χ1n) is 12.3. The van der Waals surface area contributed by atoms with Crippen LogP contribution in [-0.4, -0.2) is 27.4 Å². The molecular weight excluding hydrogens is 480 g/mol. The van der Waals surface area contributed by atoms with E-state index in [1.165, 1.54) is 0 Å². The van der Waals surface area contributed by atoms with E-state index in [0.717, 1.165) is 58.6 Å². The average molecular weight is 511 g/mol. The zero-order chi connectivity index (χ0) is 26.4. The highest BCUT2D eigenvalue weighted by molar-refractivity contribution is 5.45. The zero-order valence-electron chi connectivity index (χ0n) is 21.5. The molecule has 4 aromatic carbocycles. The third-order valence-electron chi connectivity index (χ3n) is 5.46. The van der Waals surface area contributed by atoms with E-state index in [9.17, 15) is 0 Å². The average Bonchev–Trinajstić information content (AvgIpc) is 2.98. The Morgan fingerprint density at radius 1 is 0.395 bits per heavy atom. The molecule has 4 rings (SSSR count). The Morgan fingerprint density at radius 2 is 0.658 bits per heavy atom. The predicted octanol–water partition coefficient (Wildman–Crippen LogP) is 8.77. The molecule has 0 aliphatic carbocycles. The van der Waals surface area contributed by atoms with Gasteiger partial charge in [0.1, 0.15) is 23.0 Å². The van der Waals surface area contributed by atoms with Crippen molar-refractivity contribution in [3.63, 3.8) is 0 Å². The minimum atomic E-state index is 0.612. The molecule has 0 aliphatic heterocycles. The van der Waals surface area contributed by atoms with Gasteiger partial charge in [0.15, 0.2) is 0 Å². The van der Waals surface area contributed by atoms with Crippen molar-refractivity contribution >= 4 is 22.7 Å². The molecule has 0 radical (unpaired) electrons. The number of hydrogen-bond acceptors (Lipinski definition) is 8. The summed E-state index contributed by atoms with van der Waals surface area (Å²) in [7, 11) is 3.27. The van der Waals surface area contributed by atoms with Gasteiger partial charge in [-0.15, -0.1) is 0 Å². The van der Waals surface area contributed by atoms with Gasteiger partial charge in [0.2, 0.25) is 0 Å². The van der Waals surface area contributed by atoms with Crippen LogP contribution in [0, 0.1) is 0 Å². The maximum Gasteiger partial charge on any atom is 0.119 e. The molecule has 0 aliphatic rings. The van der Waals surface area contributed by atoms with Crippen LogP contribution in [0.3, 0.4) is 0 Å². The van der Waals surface area contributed by atoms with Crippen LogP contribution in [0.2, 0.25) is 0 Å². The van der Waals surface area contributed by atoms with Gasteiger partial charge >= 0.3 is 0 Å². The third-order valence-corrected chi connectivity index (χ3v) is 5.46. The second-order valence-corrected chi connectivity index (χ2v) is 8.19. The first-order chi connectivity index (χ1) is 18.7. The normalized spacial score (nSPS) is 11.1. The van der Waals surface area contributed by atoms with Gasteiger partial charge in [-0.1, -0.05) is 0 Å². The second kappa shape index (κ2) is 14.1. The molecule has 0 fully saturated rings. The van der Waals surface area contributed by atoms with E-state index in [1.54, 1.807) is 14.2 Å². The molecule has 38 heavy (non-hydrogen) atoms. The van der Waals surface area contributed by atoms with Gasteiger partial charge in [0, 0.05) is 0 Å². The number of rotatable bonds is 13. The number of unbranched alkanes of at least 4 members (excludes halogenated alkanes) is 1. The lowest BCUT2D eigenvalue weighted by Crippen LogP contribution is -2.02. The van der Waals surface area contributed by atoms with Gasteiger partial charge in [-0.3, -0.25) is 0 Å². The van der Waals surface area contributed by atoms with Crippen molar-refractivity contribution in [2.75, 3.05) is 27.4 Å². The minimum Gasteiger partial charge on any atom is -0.497 e. The molecule has 4 aromatic rings. The van der Waals surface area contributed by atoms with E-state index in [0.29, 0.717) is 13.2 Å². The van der Waals surface area contributed by atoms with Gasteiger partial charge in [-0.2, -0.15) is 20.5 Å². The summed E-state index contributed by atoms with van der Waals surface area (Å²) in [6, 6.07) is 29.9. The number of hydrogen-bond donors (Lipinski definition) is 0. The van der Waals surface area contributed by atoms with E-state index >= 15 is 0 Å². The largest absolute Gasteiger partial charge is 0.497 e. The topological polar surface area (TPSA) is 86.4 Å². The summed E-state index contributed by atoms with van der Waals surface area (Å²) in [5, 5.41) is 17.0. The van der Waals surface area contributed by atoms with Gasteiger partial charge in [-0.05, 0) is 110 Å². The van der Waals surface area contributed by atoms with Crippen molar-refractivity contribution in [3.05, 3.63) is 97.1 Å². The van der Waals surface area contributed by atoms with Gasteiger partial charge in [-0.25, -0.2) is 0 Å². The van der Waals surface area contributed by atoms with Crippen LogP contribution in [0.15, 0.2) is 118 Å². The van der Waals surface area contributed by atoms with Crippen LogP contribution in [0.4, 0.5) is 22.7 Å². The van der Waals surface area contributed by atoms with Crippen molar-refractivity contribution in [2.45, 2.75) is 12.8 Å². The maximum atomic E-state index is 5.82. The summed E-state index contributed by atoms with van der Waals surface area (Å²) in [6.45, 7) is 1.22. The third kappa shape index (κ3) is 8.44. The smallest absolute Gasteiger partial charge is 0.119 e. The van der Waals surface area contributed by atoms with E-state index < -0.39 is 0 Å². The number of methoxy groups -OCH3 is 2. The van der Waals surface area contributed by atoms with Crippen molar-refractivity contribution in [3.8, 4) is 23.0 Å². The Kier molecular flexibility index (Phi) is 9.80. The lowest BCUT2D eigenvalue weighted by Gasteiger charge is -2.08. The van der Waals surface area contributed by atoms with E-state index in [2.05, 4.69) is 20.5 Å². The number of azo groups is 2. The molecule has 0 heterocycles. The van der Waals surface area contributed by atoms with Gasteiger partial charge in [0.25, 0.3) is 0 Å². The number of benzene rings is 4. The zero-order valence-corrected chi connectivity index (χ0v) is 21.5. The molecule has 0 amide bonds. The van der Waals surface area contributed by atoms with Gasteiger partial charge < -0.3 is 18.9 Å². The fraction of sp³-hybridized carbons (Fsp3) is 0.200. The highest BCUT2D eigenvalue weighted by Gasteiger charge is 1.99. The number of nitrogens with zero attached hydrogens (tertiary/aromatic N) is 4. The first-order valence-corrected chi connectivity index (χ1v) is 12.3. The molecule has 0 spiro atoms. The quantitative estimate of drug-likeness (QED) is 0.133. The fourth-order valence-electron chi connectivity index (χ4n) is 3.33. The fourth-order valence-corrected chi connectivity index (χ4v) is 3.33. The molecule has 0 saturated heterocycles. The molecule has 0 atom stereocenters. The summed E-state index contributed by atoms with van der Waals surface area (Å²) in [4.78, 5) is 0. The Bertz CT molecular complexity index is 1200. The van der Waals surface area contributed by atoms with Crippen LogP contribution in [0.5, 0.6) is 23.0 Å². The lowest BCUT2D eigenvalue weighted by molar-refractivity contribution is 0.266. The molecule has 0 saturated carbocycles. The van der Waals surface area contributed by atoms with Crippen molar-refractivity contribution < 1.29 is 18.9 Å². The second-order valence-electron chi connectivity index (χ2n) is 8.19. The summed E-state index contributed by atoms with van der Waals surface area (Å²) in [5.41, 5.74) is 3.05. The summed E-state index contributed by atoms with van der Waals surface area (Å²) in [5.74, 6) is 3.18. The minimum absolute atomic E-state index is 0.612. The highest BCUT2D eigenvalue weighted by Crippen LogP contribution is 2.24. The van der Waals surface area contributed by atoms with E-state index in [-0.39, 0.29) is 0 Å². The molecule has 8 nitrogen and oxygen atoms in total. The van der Waals surface area contributed by atoms with Crippen LogP contribution in [0.1, 0.15) is 12.8 Å². The molecule has 0 unspecified atom stereocenters. The number of ether oxygens (including phenoxy) is 4. The maximum absolute atomic E-state index is 5.82. The Labute approximate surface area is 222 Å². The van der Waals surface area contributed by atoms with Crippen molar-refractivity contribution in [2.24, 2.45) is 20.5 Å².